The molecule has 0 saturated carbocycles. The lowest BCUT2D eigenvalue weighted by Gasteiger charge is -2.14. The predicted molar refractivity (Wildman–Crippen MR) is 110 cm³/mol. The van der Waals surface area contributed by atoms with E-state index in [1.807, 2.05) is 42.6 Å². The summed E-state index contributed by atoms with van der Waals surface area (Å²) in [5, 5.41) is 10.6. The maximum atomic E-state index is 12.3. The molecule has 3 rings (SSSR count). The van der Waals surface area contributed by atoms with Crippen LogP contribution in [0.5, 0.6) is 0 Å². The number of carbonyl (C=O) groups excluding carboxylic acids is 2. The number of halogens is 1. The number of carbonyl (C=O) groups is 2. The fourth-order valence-corrected chi connectivity index (χ4v) is 4.13. The lowest BCUT2D eigenvalue weighted by molar-refractivity contribution is -0.121. The van der Waals surface area contributed by atoms with Gasteiger partial charge in [0.05, 0.1) is 24.6 Å². The molecule has 8 heteroatoms. The van der Waals surface area contributed by atoms with Gasteiger partial charge in [0.25, 0.3) is 0 Å². The number of thiophene rings is 1. The zero-order chi connectivity index (χ0) is 19.2. The van der Waals surface area contributed by atoms with E-state index in [9.17, 15) is 9.59 Å². The van der Waals surface area contributed by atoms with Gasteiger partial charge in [0, 0.05) is 15.3 Å². The summed E-state index contributed by atoms with van der Waals surface area (Å²) in [6.45, 7) is 1.90. The molecule has 0 spiro atoms. The minimum Gasteiger partial charge on any atom is -0.349 e. The van der Waals surface area contributed by atoms with Crippen molar-refractivity contribution in [3.8, 4) is 0 Å². The van der Waals surface area contributed by atoms with E-state index in [1.54, 1.807) is 22.8 Å². The van der Waals surface area contributed by atoms with Crippen LogP contribution >= 0.6 is 34.3 Å². The second-order valence-corrected chi connectivity index (χ2v) is 8.30. The van der Waals surface area contributed by atoms with E-state index in [4.69, 9.17) is 11.6 Å². The molecule has 27 heavy (non-hydrogen) atoms. The second-order valence-electron chi connectivity index (χ2n) is 5.97. The highest BCUT2D eigenvalue weighted by Crippen LogP contribution is 2.19. The molecule has 1 aromatic carbocycles. The Hall–Kier alpha value is -2.22. The first kappa shape index (κ1) is 19.5. The fourth-order valence-electron chi connectivity index (χ4n) is 2.50. The molecular formula is C19H18ClN3O2S2. The van der Waals surface area contributed by atoms with Gasteiger partial charge in [-0.25, -0.2) is 4.98 Å². The molecule has 0 aliphatic heterocycles. The molecule has 0 radical (unpaired) electrons. The van der Waals surface area contributed by atoms with Gasteiger partial charge in [-0.15, -0.1) is 22.7 Å². The van der Waals surface area contributed by atoms with E-state index in [1.165, 1.54) is 11.3 Å². The molecule has 140 valence electrons. The van der Waals surface area contributed by atoms with Crippen molar-refractivity contribution in [1.29, 1.82) is 0 Å². The standard InChI is InChI=1S/C19H18ClN3O2S2/c1-12(13-4-2-5-14(20)8-13)21-17(24)9-15-11-27-19(22-15)23-18(25)10-16-6-3-7-26-16/h2-8,11-12H,9-10H2,1H3,(H,21,24)(H,22,23,25). The highest BCUT2D eigenvalue weighted by atomic mass is 35.5. The Balaban J connectivity index is 1.51. The van der Waals surface area contributed by atoms with E-state index in [2.05, 4.69) is 15.6 Å². The number of benzene rings is 1. The van der Waals surface area contributed by atoms with Gasteiger partial charge in [0.2, 0.25) is 11.8 Å². The van der Waals surface area contributed by atoms with E-state index < -0.39 is 0 Å². The van der Waals surface area contributed by atoms with Crippen molar-refractivity contribution in [2.24, 2.45) is 0 Å². The van der Waals surface area contributed by atoms with Gasteiger partial charge in [-0.05, 0) is 36.1 Å². The van der Waals surface area contributed by atoms with Gasteiger partial charge < -0.3 is 10.6 Å². The summed E-state index contributed by atoms with van der Waals surface area (Å²) in [6, 6.07) is 11.1. The number of hydrogen-bond acceptors (Lipinski definition) is 5. The van der Waals surface area contributed by atoms with Crippen LogP contribution in [0.25, 0.3) is 0 Å². The molecule has 1 unspecified atom stereocenters. The van der Waals surface area contributed by atoms with Crippen molar-refractivity contribution in [2.75, 3.05) is 5.32 Å². The number of amides is 2. The molecule has 0 fully saturated rings. The van der Waals surface area contributed by atoms with E-state index in [0.29, 0.717) is 22.3 Å². The van der Waals surface area contributed by atoms with Crippen LogP contribution < -0.4 is 10.6 Å². The molecule has 2 aromatic heterocycles. The SMILES string of the molecule is CC(NC(=O)Cc1csc(NC(=O)Cc2cccs2)n1)c1cccc(Cl)c1. The van der Waals surface area contributed by atoms with Crippen LogP contribution in [0.15, 0.2) is 47.2 Å². The average Bonchev–Trinajstić information content (AvgIpc) is 3.27. The fraction of sp³-hybridized carbons (Fsp3) is 0.211. The van der Waals surface area contributed by atoms with Crippen LogP contribution in [0.1, 0.15) is 29.1 Å². The summed E-state index contributed by atoms with van der Waals surface area (Å²) in [4.78, 5) is 29.6. The second kappa shape index (κ2) is 9.12. The van der Waals surface area contributed by atoms with Crippen molar-refractivity contribution in [3.05, 3.63) is 68.3 Å². The zero-order valence-corrected chi connectivity index (χ0v) is 17.0. The van der Waals surface area contributed by atoms with Gasteiger partial charge in [0.15, 0.2) is 5.13 Å². The van der Waals surface area contributed by atoms with E-state index >= 15 is 0 Å². The minimum atomic E-state index is -0.153. The van der Waals surface area contributed by atoms with Crippen molar-refractivity contribution in [1.82, 2.24) is 10.3 Å². The Morgan fingerprint density at radius 1 is 1.15 bits per heavy atom. The number of nitrogens with one attached hydrogen (secondary N) is 2. The summed E-state index contributed by atoms with van der Waals surface area (Å²) in [5.41, 5.74) is 1.57. The smallest absolute Gasteiger partial charge is 0.231 e. The van der Waals surface area contributed by atoms with Gasteiger partial charge >= 0.3 is 0 Å². The molecule has 2 N–H and O–H groups in total. The molecule has 0 aliphatic carbocycles. The predicted octanol–water partition coefficient (Wildman–Crippen LogP) is 4.46. The number of aromatic nitrogens is 1. The van der Waals surface area contributed by atoms with Gasteiger partial charge in [0.1, 0.15) is 0 Å². The molecule has 3 aromatic rings. The van der Waals surface area contributed by atoms with E-state index in [0.717, 1.165) is 10.4 Å². The van der Waals surface area contributed by atoms with Crippen molar-refractivity contribution in [3.63, 3.8) is 0 Å². The molecule has 2 amide bonds. The average molecular weight is 420 g/mol. The third-order valence-electron chi connectivity index (χ3n) is 3.78. The van der Waals surface area contributed by atoms with Crippen LogP contribution in [-0.4, -0.2) is 16.8 Å². The Kier molecular flexibility index (Phi) is 6.60. The van der Waals surface area contributed by atoms with E-state index in [-0.39, 0.29) is 24.3 Å². The lowest BCUT2D eigenvalue weighted by Crippen LogP contribution is -2.28. The lowest BCUT2D eigenvalue weighted by atomic mass is 10.1. The summed E-state index contributed by atoms with van der Waals surface area (Å²) in [7, 11) is 0. The first-order valence-corrected chi connectivity index (χ1v) is 10.4. The van der Waals surface area contributed by atoms with Crippen LogP contribution in [0, 0.1) is 0 Å². The number of thiazole rings is 1. The highest BCUT2D eigenvalue weighted by Gasteiger charge is 2.13. The van der Waals surface area contributed by atoms with Crippen molar-refractivity contribution >= 4 is 51.2 Å². The Morgan fingerprint density at radius 3 is 2.74 bits per heavy atom. The first-order chi connectivity index (χ1) is 13.0. The molecule has 0 bridgehead atoms. The van der Waals surface area contributed by atoms with Crippen LogP contribution in [0.2, 0.25) is 5.02 Å². The number of hydrogen-bond donors (Lipinski definition) is 2. The maximum absolute atomic E-state index is 12.3. The molecule has 0 saturated heterocycles. The Bertz CT molecular complexity index is 925. The molecule has 0 aliphatic rings. The maximum Gasteiger partial charge on any atom is 0.231 e. The molecule has 2 heterocycles. The Labute approximate surface area is 170 Å². The van der Waals surface area contributed by atoms with Crippen molar-refractivity contribution in [2.45, 2.75) is 25.8 Å². The van der Waals surface area contributed by atoms with Crippen LogP contribution in [0.3, 0.4) is 0 Å². The van der Waals surface area contributed by atoms with Gasteiger partial charge in [-0.2, -0.15) is 0 Å². The molecule has 1 atom stereocenters. The number of rotatable bonds is 7. The number of anilines is 1. The number of nitrogens with zero attached hydrogens (tertiary/aromatic N) is 1. The van der Waals surface area contributed by atoms with Crippen LogP contribution in [0.4, 0.5) is 5.13 Å². The summed E-state index contributed by atoms with van der Waals surface area (Å²) in [6.07, 6.45) is 0.479. The highest BCUT2D eigenvalue weighted by molar-refractivity contribution is 7.14. The molecular weight excluding hydrogens is 402 g/mol. The van der Waals surface area contributed by atoms with Gasteiger partial charge in [-0.3, -0.25) is 9.59 Å². The minimum absolute atomic E-state index is 0.114. The zero-order valence-electron chi connectivity index (χ0n) is 14.6. The topological polar surface area (TPSA) is 71.1 Å². The first-order valence-electron chi connectivity index (χ1n) is 8.31. The summed E-state index contributed by atoms with van der Waals surface area (Å²) < 4.78 is 0. The third-order valence-corrected chi connectivity index (χ3v) is 5.70. The molecule has 5 nitrogen and oxygen atoms in total. The largest absolute Gasteiger partial charge is 0.349 e. The van der Waals surface area contributed by atoms with Crippen LogP contribution in [-0.2, 0) is 22.4 Å². The van der Waals surface area contributed by atoms with Gasteiger partial charge in [-0.1, -0.05) is 29.8 Å². The summed E-state index contributed by atoms with van der Waals surface area (Å²) >= 11 is 8.84. The summed E-state index contributed by atoms with van der Waals surface area (Å²) in [5.74, 6) is -0.249. The Morgan fingerprint density at radius 2 is 2.00 bits per heavy atom. The normalized spacial score (nSPS) is 11.8. The van der Waals surface area contributed by atoms with Crippen molar-refractivity contribution < 1.29 is 9.59 Å². The quantitative estimate of drug-likeness (QED) is 0.594. The monoisotopic (exact) mass is 419 g/mol. The third kappa shape index (κ3) is 5.89.